The molecular weight excluding hydrogens is 186 g/mol. The first-order chi connectivity index (χ1) is 7.38. The van der Waals surface area contributed by atoms with E-state index in [-0.39, 0.29) is 0 Å². The van der Waals surface area contributed by atoms with Crippen molar-refractivity contribution < 1.29 is 0 Å². The Bertz CT molecular complexity index is 689. The van der Waals surface area contributed by atoms with Crippen LogP contribution in [0.5, 0.6) is 0 Å². The maximum Gasteiger partial charge on any atom is 0.0992 e. The summed E-state index contributed by atoms with van der Waals surface area (Å²) < 4.78 is 2.03. The van der Waals surface area contributed by atoms with E-state index < -0.39 is 0 Å². The number of nitriles is 1. The second-order valence-electron chi connectivity index (χ2n) is 3.38. The van der Waals surface area contributed by atoms with Gasteiger partial charge in [-0.1, -0.05) is 0 Å². The van der Waals surface area contributed by atoms with Crippen LogP contribution in [-0.4, -0.2) is 9.38 Å². The molecule has 0 aliphatic heterocycles. The molecule has 0 fully saturated rings. The van der Waals surface area contributed by atoms with Gasteiger partial charge in [0.25, 0.3) is 0 Å². The first-order valence-corrected chi connectivity index (χ1v) is 4.64. The van der Waals surface area contributed by atoms with Crippen molar-refractivity contribution in [2.45, 2.75) is 0 Å². The van der Waals surface area contributed by atoms with Gasteiger partial charge < -0.3 is 4.40 Å². The van der Waals surface area contributed by atoms with Gasteiger partial charge >= 0.3 is 0 Å². The monoisotopic (exact) mass is 193 g/mol. The molecule has 0 bridgehead atoms. The molecule has 1 aromatic carbocycles. The van der Waals surface area contributed by atoms with Crippen LogP contribution < -0.4 is 0 Å². The van der Waals surface area contributed by atoms with E-state index in [2.05, 4.69) is 11.1 Å². The summed E-state index contributed by atoms with van der Waals surface area (Å²) in [6, 6.07) is 11.6. The summed E-state index contributed by atoms with van der Waals surface area (Å²) in [6.45, 7) is 0. The smallest absolute Gasteiger partial charge is 0.0992 e. The quantitative estimate of drug-likeness (QED) is 0.550. The summed E-state index contributed by atoms with van der Waals surface area (Å²) in [4.78, 5) is 4.33. The summed E-state index contributed by atoms with van der Waals surface area (Å²) in [5, 5.41) is 8.84. The van der Waals surface area contributed by atoms with Crippen LogP contribution in [0.25, 0.3) is 16.6 Å². The molecule has 70 valence electrons. The SMILES string of the molecule is N#Cc1ccc2ncc3cccn3c2c1. The Morgan fingerprint density at radius 1 is 1.27 bits per heavy atom. The lowest BCUT2D eigenvalue weighted by atomic mass is 10.2. The van der Waals surface area contributed by atoms with E-state index in [1.165, 1.54) is 0 Å². The molecule has 15 heavy (non-hydrogen) atoms. The molecule has 3 nitrogen and oxygen atoms in total. The largest absolute Gasteiger partial charge is 0.313 e. The highest BCUT2D eigenvalue weighted by molar-refractivity contribution is 5.79. The third kappa shape index (κ3) is 1.09. The molecule has 3 aromatic rings. The number of hydrogen-bond donors (Lipinski definition) is 0. The topological polar surface area (TPSA) is 41.1 Å². The van der Waals surface area contributed by atoms with Crippen molar-refractivity contribution in [1.29, 1.82) is 5.26 Å². The van der Waals surface area contributed by atoms with E-state index in [1.54, 1.807) is 6.07 Å². The predicted octanol–water partition coefficient (Wildman–Crippen LogP) is 2.36. The van der Waals surface area contributed by atoms with E-state index in [0.29, 0.717) is 5.56 Å². The van der Waals surface area contributed by atoms with Gasteiger partial charge in [-0.15, -0.1) is 0 Å². The molecule has 0 amide bonds. The summed E-state index contributed by atoms with van der Waals surface area (Å²) in [6.07, 6.45) is 3.80. The van der Waals surface area contributed by atoms with Gasteiger partial charge in [-0.3, -0.25) is 4.98 Å². The molecule has 0 saturated carbocycles. The van der Waals surface area contributed by atoms with Crippen molar-refractivity contribution in [2.24, 2.45) is 0 Å². The molecule has 0 aliphatic rings. The third-order valence-electron chi connectivity index (χ3n) is 2.48. The average molecular weight is 193 g/mol. The molecule has 0 spiro atoms. The highest BCUT2D eigenvalue weighted by Gasteiger charge is 2.01. The van der Waals surface area contributed by atoms with Gasteiger partial charge in [0.1, 0.15) is 0 Å². The molecule has 0 aliphatic carbocycles. The maximum absolute atomic E-state index is 8.84. The lowest BCUT2D eigenvalue weighted by Gasteiger charge is -2.01. The minimum Gasteiger partial charge on any atom is -0.313 e. The van der Waals surface area contributed by atoms with E-state index in [4.69, 9.17) is 5.26 Å². The van der Waals surface area contributed by atoms with Crippen LogP contribution >= 0.6 is 0 Å². The van der Waals surface area contributed by atoms with E-state index in [0.717, 1.165) is 16.6 Å². The lowest BCUT2D eigenvalue weighted by Crippen LogP contribution is -1.89. The van der Waals surface area contributed by atoms with Gasteiger partial charge in [-0.25, -0.2) is 0 Å². The first kappa shape index (κ1) is 8.01. The van der Waals surface area contributed by atoms with Crippen LogP contribution in [0.4, 0.5) is 0 Å². The van der Waals surface area contributed by atoms with E-state index in [9.17, 15) is 0 Å². The number of benzene rings is 1. The van der Waals surface area contributed by atoms with Crippen molar-refractivity contribution in [3.8, 4) is 6.07 Å². The second kappa shape index (κ2) is 2.82. The minimum atomic E-state index is 0.658. The van der Waals surface area contributed by atoms with Crippen LogP contribution in [0.2, 0.25) is 0 Å². The first-order valence-electron chi connectivity index (χ1n) is 4.64. The number of fused-ring (bicyclic) bond motifs is 3. The summed E-state index contributed by atoms with van der Waals surface area (Å²) in [7, 11) is 0. The maximum atomic E-state index is 8.84. The zero-order chi connectivity index (χ0) is 10.3. The van der Waals surface area contributed by atoms with Gasteiger partial charge in [-0.2, -0.15) is 5.26 Å². The van der Waals surface area contributed by atoms with Gasteiger partial charge in [-0.05, 0) is 30.3 Å². The molecule has 3 heteroatoms. The van der Waals surface area contributed by atoms with Gasteiger partial charge in [0.15, 0.2) is 0 Å². The predicted molar refractivity (Wildman–Crippen MR) is 57.4 cm³/mol. The number of aromatic nitrogens is 2. The van der Waals surface area contributed by atoms with Gasteiger partial charge in [0.2, 0.25) is 0 Å². The van der Waals surface area contributed by atoms with Crippen LogP contribution in [0.15, 0.2) is 42.7 Å². The second-order valence-corrected chi connectivity index (χ2v) is 3.38. The highest BCUT2D eigenvalue weighted by atomic mass is 14.9. The summed E-state index contributed by atoms with van der Waals surface area (Å²) >= 11 is 0. The molecule has 0 saturated heterocycles. The number of hydrogen-bond acceptors (Lipinski definition) is 2. The fraction of sp³-hybridized carbons (Fsp3) is 0. The van der Waals surface area contributed by atoms with Crippen molar-refractivity contribution in [2.75, 3.05) is 0 Å². The molecule has 0 radical (unpaired) electrons. The molecule has 2 aromatic heterocycles. The zero-order valence-electron chi connectivity index (χ0n) is 7.88. The molecule has 0 N–H and O–H groups in total. The number of nitrogens with zero attached hydrogens (tertiary/aromatic N) is 3. The Hall–Kier alpha value is -2.34. The average Bonchev–Trinajstić information content (AvgIpc) is 2.76. The molecule has 3 rings (SSSR count). The molecule has 0 unspecified atom stereocenters. The highest BCUT2D eigenvalue weighted by Crippen LogP contribution is 2.16. The van der Waals surface area contributed by atoms with Crippen LogP contribution in [0.3, 0.4) is 0 Å². The third-order valence-corrected chi connectivity index (χ3v) is 2.48. The Balaban J connectivity index is 2.54. The van der Waals surface area contributed by atoms with Gasteiger partial charge in [0.05, 0.1) is 34.4 Å². The minimum absolute atomic E-state index is 0.658. The number of rotatable bonds is 0. The van der Waals surface area contributed by atoms with Gasteiger partial charge in [0, 0.05) is 6.20 Å². The molecule has 0 atom stereocenters. The Morgan fingerprint density at radius 2 is 2.20 bits per heavy atom. The Kier molecular flexibility index (Phi) is 1.51. The van der Waals surface area contributed by atoms with Crippen molar-refractivity contribution in [3.63, 3.8) is 0 Å². The zero-order valence-corrected chi connectivity index (χ0v) is 7.88. The van der Waals surface area contributed by atoms with Crippen molar-refractivity contribution in [1.82, 2.24) is 9.38 Å². The molecular formula is C12H7N3. The Labute approximate surface area is 86.2 Å². The summed E-state index contributed by atoms with van der Waals surface area (Å²) in [5.74, 6) is 0. The molecule has 2 heterocycles. The van der Waals surface area contributed by atoms with Crippen molar-refractivity contribution in [3.05, 3.63) is 48.3 Å². The van der Waals surface area contributed by atoms with Crippen molar-refractivity contribution >= 4 is 16.6 Å². The Morgan fingerprint density at radius 3 is 3.07 bits per heavy atom. The standard InChI is InChI=1S/C12H7N3/c13-7-9-3-4-11-12(6-9)15-5-1-2-10(15)8-14-11/h1-6,8H. The normalized spacial score (nSPS) is 10.6. The van der Waals surface area contributed by atoms with Crippen LogP contribution in [0, 0.1) is 11.3 Å². The lowest BCUT2D eigenvalue weighted by molar-refractivity contribution is 1.23. The van der Waals surface area contributed by atoms with Crippen LogP contribution in [0.1, 0.15) is 5.56 Å². The fourth-order valence-corrected chi connectivity index (χ4v) is 1.75. The van der Waals surface area contributed by atoms with E-state index in [1.807, 2.05) is 41.1 Å². The van der Waals surface area contributed by atoms with Crippen LogP contribution in [-0.2, 0) is 0 Å². The summed E-state index contributed by atoms with van der Waals surface area (Å²) in [5.41, 5.74) is 3.57. The van der Waals surface area contributed by atoms with E-state index >= 15 is 0 Å². The fourth-order valence-electron chi connectivity index (χ4n) is 1.75.